The highest BCUT2D eigenvalue weighted by atomic mass is 79.9. The molecule has 0 atom stereocenters. The lowest BCUT2D eigenvalue weighted by Gasteiger charge is -2.10. The first-order chi connectivity index (χ1) is 14.3. The van der Waals surface area contributed by atoms with Crippen molar-refractivity contribution in [2.24, 2.45) is 5.10 Å². The molecule has 0 radical (unpaired) electrons. The SMILES string of the molecule is O=C(N/N=C\c1cc(Br)ccc1OS(=O)(=O)c1ccccc1)c1ccc(Cl)cc1Cl. The van der Waals surface area contributed by atoms with Crippen molar-refractivity contribution in [3.05, 3.63) is 92.4 Å². The summed E-state index contributed by atoms with van der Waals surface area (Å²) in [5, 5.41) is 4.45. The Balaban J connectivity index is 1.81. The van der Waals surface area contributed by atoms with Crippen LogP contribution in [0.25, 0.3) is 0 Å². The average molecular weight is 528 g/mol. The Morgan fingerprint density at radius 3 is 2.47 bits per heavy atom. The Bertz CT molecular complexity index is 1220. The molecule has 154 valence electrons. The summed E-state index contributed by atoms with van der Waals surface area (Å²) in [5.41, 5.74) is 2.85. The van der Waals surface area contributed by atoms with Gasteiger partial charge in [0, 0.05) is 15.1 Å². The second kappa shape index (κ2) is 9.61. The normalized spacial score (nSPS) is 11.4. The van der Waals surface area contributed by atoms with E-state index in [1.54, 1.807) is 30.3 Å². The quantitative estimate of drug-likeness (QED) is 0.268. The lowest BCUT2D eigenvalue weighted by molar-refractivity contribution is 0.0955. The van der Waals surface area contributed by atoms with Crippen LogP contribution in [0.5, 0.6) is 5.75 Å². The highest BCUT2D eigenvalue weighted by Gasteiger charge is 2.18. The zero-order valence-corrected chi connectivity index (χ0v) is 19.0. The predicted molar refractivity (Wildman–Crippen MR) is 120 cm³/mol. The molecule has 3 aromatic rings. The van der Waals surface area contributed by atoms with Gasteiger partial charge in [0.15, 0.2) is 5.75 Å². The van der Waals surface area contributed by atoms with E-state index in [9.17, 15) is 13.2 Å². The number of amides is 1. The molecule has 0 aliphatic heterocycles. The molecular weight excluding hydrogens is 515 g/mol. The van der Waals surface area contributed by atoms with Crippen molar-refractivity contribution in [1.82, 2.24) is 5.43 Å². The van der Waals surface area contributed by atoms with Gasteiger partial charge in [-0.05, 0) is 48.5 Å². The van der Waals surface area contributed by atoms with Crippen molar-refractivity contribution in [2.75, 3.05) is 0 Å². The summed E-state index contributed by atoms with van der Waals surface area (Å²) < 4.78 is 30.9. The molecule has 1 amide bonds. The third-order valence-electron chi connectivity index (χ3n) is 3.75. The van der Waals surface area contributed by atoms with Gasteiger partial charge in [-0.1, -0.05) is 57.3 Å². The van der Waals surface area contributed by atoms with Gasteiger partial charge in [-0.25, -0.2) is 5.43 Å². The molecule has 30 heavy (non-hydrogen) atoms. The molecule has 0 aliphatic carbocycles. The van der Waals surface area contributed by atoms with Gasteiger partial charge in [0.2, 0.25) is 0 Å². The number of carbonyl (C=O) groups excluding carboxylic acids is 1. The van der Waals surface area contributed by atoms with E-state index in [0.717, 1.165) is 0 Å². The smallest absolute Gasteiger partial charge is 0.339 e. The van der Waals surface area contributed by atoms with Crippen LogP contribution in [0.15, 0.2) is 81.2 Å². The fourth-order valence-corrected chi connectivity index (χ4v) is 4.19. The zero-order chi connectivity index (χ0) is 21.7. The number of nitrogens with one attached hydrogen (secondary N) is 1. The summed E-state index contributed by atoms with van der Waals surface area (Å²) in [7, 11) is -4.04. The molecule has 6 nitrogen and oxygen atoms in total. The maximum Gasteiger partial charge on any atom is 0.339 e. The summed E-state index contributed by atoms with van der Waals surface area (Å²) in [6.07, 6.45) is 1.27. The molecule has 3 rings (SSSR count). The van der Waals surface area contributed by atoms with E-state index in [1.807, 2.05) is 0 Å². The van der Waals surface area contributed by atoms with Crippen LogP contribution < -0.4 is 9.61 Å². The molecule has 0 fully saturated rings. The Morgan fingerprint density at radius 1 is 1.03 bits per heavy atom. The van der Waals surface area contributed by atoms with Gasteiger partial charge in [0.25, 0.3) is 5.91 Å². The zero-order valence-electron chi connectivity index (χ0n) is 15.1. The maximum atomic E-state index is 12.5. The molecular formula is C20H13BrCl2N2O4S. The largest absolute Gasteiger partial charge is 0.378 e. The van der Waals surface area contributed by atoms with Gasteiger partial charge >= 0.3 is 10.1 Å². The number of hydrazone groups is 1. The first kappa shape index (κ1) is 22.3. The lowest BCUT2D eigenvalue weighted by atomic mass is 10.2. The molecule has 10 heteroatoms. The van der Waals surface area contributed by atoms with Crippen molar-refractivity contribution in [2.45, 2.75) is 4.90 Å². The van der Waals surface area contributed by atoms with Crippen molar-refractivity contribution >= 4 is 61.4 Å². The van der Waals surface area contributed by atoms with Gasteiger partial charge in [0.1, 0.15) is 4.90 Å². The van der Waals surface area contributed by atoms with Gasteiger partial charge in [-0.3, -0.25) is 4.79 Å². The Hall–Kier alpha value is -2.39. The van der Waals surface area contributed by atoms with E-state index in [0.29, 0.717) is 15.1 Å². The number of rotatable bonds is 6. The molecule has 0 heterocycles. The molecule has 0 unspecified atom stereocenters. The summed E-state index contributed by atoms with van der Waals surface area (Å²) >= 11 is 15.1. The summed E-state index contributed by atoms with van der Waals surface area (Å²) in [6.45, 7) is 0. The molecule has 1 N–H and O–H groups in total. The number of halogens is 3. The lowest BCUT2D eigenvalue weighted by Crippen LogP contribution is -2.18. The van der Waals surface area contributed by atoms with E-state index in [-0.39, 0.29) is 21.2 Å². The van der Waals surface area contributed by atoms with Crippen LogP contribution in [0.3, 0.4) is 0 Å². The number of nitrogens with zero attached hydrogens (tertiary/aromatic N) is 1. The van der Waals surface area contributed by atoms with E-state index < -0.39 is 16.0 Å². The Labute approximate surface area is 191 Å². The van der Waals surface area contributed by atoms with E-state index in [2.05, 4.69) is 26.5 Å². The predicted octanol–water partition coefficient (Wildman–Crippen LogP) is 5.29. The fourth-order valence-electron chi connectivity index (χ4n) is 2.34. The van der Waals surface area contributed by atoms with Crippen LogP contribution in [-0.4, -0.2) is 20.5 Å². The molecule has 0 saturated carbocycles. The number of benzene rings is 3. The van der Waals surface area contributed by atoms with Crippen molar-refractivity contribution in [3.8, 4) is 5.75 Å². The molecule has 0 aromatic heterocycles. The van der Waals surface area contributed by atoms with E-state index >= 15 is 0 Å². The molecule has 3 aromatic carbocycles. The molecule has 0 bridgehead atoms. The van der Waals surface area contributed by atoms with Crippen molar-refractivity contribution in [3.63, 3.8) is 0 Å². The van der Waals surface area contributed by atoms with Crippen molar-refractivity contribution in [1.29, 1.82) is 0 Å². The molecule has 0 spiro atoms. The second-order valence-corrected chi connectivity index (χ2v) is 9.16. The second-order valence-electron chi connectivity index (χ2n) is 5.86. The minimum absolute atomic E-state index is 0.0153. The van der Waals surface area contributed by atoms with Crippen LogP contribution >= 0.6 is 39.1 Å². The minimum Gasteiger partial charge on any atom is -0.378 e. The highest BCUT2D eigenvalue weighted by molar-refractivity contribution is 9.10. The van der Waals surface area contributed by atoms with E-state index in [4.69, 9.17) is 27.4 Å². The summed E-state index contributed by atoms with van der Waals surface area (Å²) in [4.78, 5) is 12.3. The van der Waals surface area contributed by atoms with Gasteiger partial charge in [0.05, 0.1) is 16.8 Å². The highest BCUT2D eigenvalue weighted by Crippen LogP contribution is 2.25. The molecule has 0 saturated heterocycles. The van der Waals surface area contributed by atoms with Crippen LogP contribution in [0, 0.1) is 0 Å². The first-order valence-corrected chi connectivity index (χ1v) is 11.3. The fraction of sp³-hybridized carbons (Fsp3) is 0. The maximum absolute atomic E-state index is 12.5. The number of carbonyl (C=O) groups is 1. The molecule has 0 aliphatic rings. The monoisotopic (exact) mass is 526 g/mol. The van der Waals surface area contributed by atoms with Gasteiger partial charge < -0.3 is 4.18 Å². The summed E-state index contributed by atoms with van der Waals surface area (Å²) in [5.74, 6) is -0.508. The van der Waals surface area contributed by atoms with Crippen molar-refractivity contribution < 1.29 is 17.4 Å². The number of hydrogen-bond donors (Lipinski definition) is 1. The third kappa shape index (κ3) is 5.60. The first-order valence-electron chi connectivity index (χ1n) is 8.34. The minimum atomic E-state index is -4.04. The van der Waals surface area contributed by atoms with Crippen LogP contribution in [0.2, 0.25) is 10.0 Å². The number of hydrogen-bond acceptors (Lipinski definition) is 5. The average Bonchev–Trinajstić information content (AvgIpc) is 2.70. The summed E-state index contributed by atoms with van der Waals surface area (Å²) in [6, 6.07) is 16.9. The standard InChI is InChI=1S/C20H13BrCl2N2O4S/c21-14-6-9-19(29-30(27,28)16-4-2-1-3-5-16)13(10-14)12-24-25-20(26)17-8-7-15(22)11-18(17)23/h1-12H,(H,25,26)/b24-12-. The van der Waals surface area contributed by atoms with Gasteiger partial charge in [-0.2, -0.15) is 13.5 Å². The third-order valence-corrected chi connectivity index (χ3v) is 6.04. The Kier molecular flexibility index (Phi) is 7.14. The van der Waals surface area contributed by atoms with E-state index in [1.165, 1.54) is 42.6 Å². The van der Waals surface area contributed by atoms with Gasteiger partial charge in [-0.15, -0.1) is 0 Å². The van der Waals surface area contributed by atoms with Crippen LogP contribution in [-0.2, 0) is 10.1 Å². The van der Waals surface area contributed by atoms with Crippen LogP contribution in [0.4, 0.5) is 0 Å². The Morgan fingerprint density at radius 2 is 1.77 bits per heavy atom. The van der Waals surface area contributed by atoms with Crippen LogP contribution in [0.1, 0.15) is 15.9 Å². The topological polar surface area (TPSA) is 84.8 Å².